The summed E-state index contributed by atoms with van der Waals surface area (Å²) in [6.07, 6.45) is 0. The number of fused-ring (bicyclic) bond motifs is 3. The molecular weight excluding hydrogens is 274 g/mol. The summed E-state index contributed by atoms with van der Waals surface area (Å²) in [6.45, 7) is 3.99. The fourth-order valence-electron chi connectivity index (χ4n) is 1.86. The van der Waals surface area contributed by atoms with Gasteiger partial charge in [-0.05, 0) is 0 Å². The molecule has 0 fully saturated rings. The van der Waals surface area contributed by atoms with Crippen molar-refractivity contribution in [1.29, 1.82) is 0 Å². The molecule has 1 aliphatic heterocycles. The van der Waals surface area contributed by atoms with Gasteiger partial charge in [0.15, 0.2) is 0 Å². The molecule has 3 rings (SSSR count). The Bertz CT molecular complexity index is 565. The van der Waals surface area contributed by atoms with E-state index in [0.29, 0.717) is 5.75 Å². The van der Waals surface area contributed by atoms with E-state index in [1.54, 1.807) is 6.07 Å². The summed E-state index contributed by atoms with van der Waals surface area (Å²) in [5, 5.41) is 4.12. The minimum absolute atomic E-state index is 0.0250. The summed E-state index contributed by atoms with van der Waals surface area (Å²) in [7, 11) is 0. The molecule has 16 heavy (non-hydrogen) atoms. The zero-order valence-electron chi connectivity index (χ0n) is 8.82. The molecule has 3 nitrogen and oxygen atoms in total. The summed E-state index contributed by atoms with van der Waals surface area (Å²) >= 11 is -0.0250. The Hall–Kier alpha value is -1.19. The quantitative estimate of drug-likeness (QED) is 0.693. The predicted molar refractivity (Wildman–Crippen MR) is 58.0 cm³/mol. The minimum atomic E-state index is -0.385. The van der Waals surface area contributed by atoms with Crippen LogP contribution in [-0.4, -0.2) is 23.9 Å². The summed E-state index contributed by atoms with van der Waals surface area (Å²) in [5.41, 5.74) is 1.13. The number of hydrogen-bond acceptors (Lipinski definition) is 3. The van der Waals surface area contributed by atoms with Gasteiger partial charge in [0.2, 0.25) is 0 Å². The van der Waals surface area contributed by atoms with Crippen molar-refractivity contribution in [2.45, 2.75) is 19.4 Å². The fourth-order valence-corrected chi connectivity index (χ4v) is 3.33. The molecule has 1 aromatic heterocycles. The fraction of sp³-hybridized carbons (Fsp3) is 0.273. The van der Waals surface area contributed by atoms with Crippen molar-refractivity contribution in [3.05, 3.63) is 28.5 Å². The number of nitrogens with zero attached hydrogens (tertiary/aromatic N) is 2. The first-order chi connectivity index (χ1) is 7.58. The first-order valence-corrected chi connectivity index (χ1v) is 6.52. The maximum atomic E-state index is 13.2. The number of hydrogen-bond donors (Lipinski definition) is 0. The predicted octanol–water partition coefficient (Wildman–Crippen LogP) is 1.97. The third kappa shape index (κ3) is 1.32. The average Bonchev–Trinajstić information content (AvgIpc) is 2.69. The van der Waals surface area contributed by atoms with Crippen LogP contribution in [0.2, 0.25) is 0 Å². The van der Waals surface area contributed by atoms with Crippen molar-refractivity contribution >= 4 is 14.7 Å². The van der Waals surface area contributed by atoms with Gasteiger partial charge in [-0.2, -0.15) is 0 Å². The molecule has 0 amide bonds. The molecule has 0 bridgehead atoms. The van der Waals surface area contributed by atoms with E-state index in [2.05, 4.69) is 9.19 Å². The van der Waals surface area contributed by atoms with Crippen LogP contribution in [-0.2, 0) is 5.60 Å². The molecule has 0 N–H and O–H groups in total. The van der Waals surface area contributed by atoms with E-state index in [1.165, 1.54) is 12.1 Å². The van der Waals surface area contributed by atoms with E-state index in [0.717, 1.165) is 15.7 Å². The van der Waals surface area contributed by atoms with Crippen molar-refractivity contribution in [1.82, 2.24) is 9.19 Å². The molecular formula is C11H9FN2OSe. The number of benzene rings is 1. The SMILES string of the molecule is CC1(C)Oc2ccc(F)cc2-c2nn[se]c21. The molecule has 0 spiro atoms. The van der Waals surface area contributed by atoms with Gasteiger partial charge in [-0.3, -0.25) is 0 Å². The van der Waals surface area contributed by atoms with Gasteiger partial charge in [0, 0.05) is 0 Å². The molecule has 2 heterocycles. The summed E-state index contributed by atoms with van der Waals surface area (Å²) < 4.78 is 24.2. The van der Waals surface area contributed by atoms with Crippen LogP contribution in [0.25, 0.3) is 11.3 Å². The van der Waals surface area contributed by atoms with Crippen LogP contribution in [0.1, 0.15) is 18.3 Å². The Morgan fingerprint density at radius 2 is 2.19 bits per heavy atom. The second-order valence-electron chi connectivity index (χ2n) is 4.20. The number of halogens is 1. The third-order valence-electron chi connectivity index (χ3n) is 2.60. The Balaban J connectivity index is 2.31. The van der Waals surface area contributed by atoms with E-state index in [1.807, 2.05) is 13.8 Å². The van der Waals surface area contributed by atoms with Crippen LogP contribution in [0.5, 0.6) is 5.75 Å². The van der Waals surface area contributed by atoms with Crippen LogP contribution in [0, 0.1) is 5.82 Å². The van der Waals surface area contributed by atoms with Crippen LogP contribution >= 0.6 is 0 Å². The molecule has 1 aliphatic rings. The Morgan fingerprint density at radius 3 is 3.00 bits per heavy atom. The molecule has 0 atom stereocenters. The number of rotatable bonds is 0. The van der Waals surface area contributed by atoms with Crippen molar-refractivity contribution in [3.8, 4) is 17.0 Å². The monoisotopic (exact) mass is 284 g/mol. The van der Waals surface area contributed by atoms with Gasteiger partial charge in [-0.25, -0.2) is 0 Å². The van der Waals surface area contributed by atoms with E-state index >= 15 is 0 Å². The summed E-state index contributed by atoms with van der Waals surface area (Å²) in [5.74, 6) is 0.408. The molecule has 1 aromatic carbocycles. The maximum absolute atomic E-state index is 13.2. The van der Waals surface area contributed by atoms with Gasteiger partial charge < -0.3 is 0 Å². The van der Waals surface area contributed by atoms with Crippen molar-refractivity contribution in [2.75, 3.05) is 0 Å². The molecule has 0 aliphatic carbocycles. The van der Waals surface area contributed by atoms with Crippen LogP contribution in [0.4, 0.5) is 4.39 Å². The Kier molecular flexibility index (Phi) is 1.97. The van der Waals surface area contributed by atoms with Crippen molar-refractivity contribution < 1.29 is 9.13 Å². The van der Waals surface area contributed by atoms with Gasteiger partial charge in [0.1, 0.15) is 0 Å². The average molecular weight is 283 g/mol. The van der Waals surface area contributed by atoms with E-state index in [4.69, 9.17) is 4.74 Å². The first-order valence-electron chi connectivity index (χ1n) is 4.90. The Morgan fingerprint density at radius 1 is 1.38 bits per heavy atom. The molecule has 0 saturated carbocycles. The normalized spacial score (nSPS) is 16.2. The number of ether oxygens (including phenoxy) is 1. The standard InChI is InChI=1S/C11H9FN2OSe/c1-11(2)10-9(13-14-16-10)7-5-6(12)3-4-8(7)15-11/h3-5H,1-2H3. The van der Waals surface area contributed by atoms with Crippen molar-refractivity contribution in [3.63, 3.8) is 0 Å². The molecule has 0 saturated heterocycles. The first kappa shape index (κ1) is 10.00. The molecule has 0 radical (unpaired) electrons. The zero-order valence-corrected chi connectivity index (χ0v) is 10.5. The van der Waals surface area contributed by atoms with E-state index < -0.39 is 0 Å². The van der Waals surface area contributed by atoms with Gasteiger partial charge in [-0.15, -0.1) is 0 Å². The van der Waals surface area contributed by atoms with Gasteiger partial charge >= 0.3 is 98.0 Å². The second-order valence-corrected chi connectivity index (χ2v) is 5.79. The zero-order chi connectivity index (χ0) is 11.3. The van der Waals surface area contributed by atoms with Crippen LogP contribution < -0.4 is 4.74 Å². The van der Waals surface area contributed by atoms with E-state index in [-0.39, 0.29) is 26.2 Å². The number of aromatic nitrogens is 2. The third-order valence-corrected chi connectivity index (χ3v) is 4.76. The van der Waals surface area contributed by atoms with Crippen LogP contribution in [0.3, 0.4) is 0 Å². The summed E-state index contributed by atoms with van der Waals surface area (Å²) in [6, 6.07) is 4.51. The second kappa shape index (κ2) is 3.15. The molecule has 0 unspecified atom stereocenters. The molecule has 5 heteroatoms. The molecule has 2 aromatic rings. The van der Waals surface area contributed by atoms with Gasteiger partial charge in [0.25, 0.3) is 0 Å². The van der Waals surface area contributed by atoms with Gasteiger partial charge in [0.05, 0.1) is 0 Å². The summed E-state index contributed by atoms with van der Waals surface area (Å²) in [4.78, 5) is 0. The Labute approximate surface area is 98.2 Å². The van der Waals surface area contributed by atoms with Crippen molar-refractivity contribution in [2.24, 2.45) is 0 Å². The molecule has 82 valence electrons. The topological polar surface area (TPSA) is 35.0 Å². The van der Waals surface area contributed by atoms with Crippen LogP contribution in [0.15, 0.2) is 18.2 Å². The van der Waals surface area contributed by atoms with E-state index in [9.17, 15) is 4.39 Å². The van der Waals surface area contributed by atoms with Gasteiger partial charge in [-0.1, -0.05) is 0 Å².